The van der Waals surface area contributed by atoms with Gasteiger partial charge in [0.05, 0.1) is 6.61 Å². The van der Waals surface area contributed by atoms with Crippen LogP contribution in [0.5, 0.6) is 0 Å². The third-order valence-corrected chi connectivity index (χ3v) is 4.05. The summed E-state index contributed by atoms with van der Waals surface area (Å²) in [5.41, 5.74) is 2.73. The molecular formula is C18H30N2O. The Hall–Kier alpha value is -1.06. The van der Waals surface area contributed by atoms with E-state index in [-0.39, 0.29) is 0 Å². The van der Waals surface area contributed by atoms with E-state index in [0.717, 1.165) is 32.7 Å². The van der Waals surface area contributed by atoms with Crippen LogP contribution in [0.25, 0.3) is 0 Å². The number of anilines is 1. The van der Waals surface area contributed by atoms with E-state index in [2.05, 4.69) is 41.4 Å². The second kappa shape index (κ2) is 9.80. The van der Waals surface area contributed by atoms with Gasteiger partial charge in [-0.3, -0.25) is 0 Å². The Morgan fingerprint density at radius 3 is 2.52 bits per heavy atom. The summed E-state index contributed by atoms with van der Waals surface area (Å²) < 4.78 is 5.54. The highest BCUT2D eigenvalue weighted by Gasteiger charge is 2.10. The monoisotopic (exact) mass is 290 g/mol. The summed E-state index contributed by atoms with van der Waals surface area (Å²) in [4.78, 5) is 2.50. The van der Waals surface area contributed by atoms with Gasteiger partial charge in [0.2, 0.25) is 0 Å². The molecule has 1 heterocycles. The molecule has 1 N–H and O–H groups in total. The molecule has 0 radical (unpaired) electrons. The van der Waals surface area contributed by atoms with E-state index >= 15 is 0 Å². The van der Waals surface area contributed by atoms with E-state index in [9.17, 15) is 0 Å². The number of ether oxygens (including phenoxy) is 1. The molecule has 0 aromatic heterocycles. The van der Waals surface area contributed by atoms with Crippen molar-refractivity contribution in [2.75, 3.05) is 37.7 Å². The van der Waals surface area contributed by atoms with Gasteiger partial charge >= 0.3 is 0 Å². The van der Waals surface area contributed by atoms with Crippen molar-refractivity contribution < 1.29 is 4.74 Å². The fourth-order valence-electron chi connectivity index (χ4n) is 2.70. The van der Waals surface area contributed by atoms with Gasteiger partial charge in [0.1, 0.15) is 0 Å². The quantitative estimate of drug-likeness (QED) is 0.704. The van der Waals surface area contributed by atoms with E-state index in [1.807, 2.05) is 0 Å². The molecule has 3 nitrogen and oxygen atoms in total. The first-order chi connectivity index (χ1) is 10.4. The van der Waals surface area contributed by atoms with Crippen LogP contribution in [0.2, 0.25) is 0 Å². The molecule has 0 spiro atoms. The van der Waals surface area contributed by atoms with Gasteiger partial charge in [-0.15, -0.1) is 0 Å². The molecule has 0 unspecified atom stereocenters. The van der Waals surface area contributed by atoms with Gasteiger partial charge in [-0.05, 0) is 43.4 Å². The number of hydrogen-bond donors (Lipinski definition) is 1. The van der Waals surface area contributed by atoms with Gasteiger partial charge in [0.15, 0.2) is 0 Å². The largest absolute Gasteiger partial charge is 0.380 e. The maximum absolute atomic E-state index is 5.54. The van der Waals surface area contributed by atoms with Crippen molar-refractivity contribution in [1.29, 1.82) is 0 Å². The van der Waals surface area contributed by atoms with Crippen LogP contribution in [0.15, 0.2) is 24.3 Å². The Balaban J connectivity index is 1.63. The van der Waals surface area contributed by atoms with E-state index in [1.165, 1.54) is 50.0 Å². The highest BCUT2D eigenvalue weighted by atomic mass is 16.5. The summed E-state index contributed by atoms with van der Waals surface area (Å²) >= 11 is 0. The molecule has 1 aromatic rings. The maximum atomic E-state index is 5.54. The SMILES string of the molecule is CCCCOCCNCc1ccc(N2CCCCC2)cc1. The second-order valence-corrected chi connectivity index (χ2v) is 5.86. The molecule has 1 aliphatic heterocycles. The molecule has 0 aliphatic carbocycles. The third kappa shape index (κ3) is 6.06. The zero-order chi connectivity index (χ0) is 14.8. The number of unbranched alkanes of at least 4 members (excludes halogenated alkanes) is 1. The average molecular weight is 290 g/mol. The standard InChI is InChI=1S/C18H30N2O/c1-2-3-14-21-15-11-19-16-17-7-9-18(10-8-17)20-12-5-4-6-13-20/h7-10,19H,2-6,11-16H2,1H3. The molecule has 21 heavy (non-hydrogen) atoms. The van der Waals surface area contributed by atoms with Gasteiger partial charge in [-0.1, -0.05) is 25.5 Å². The lowest BCUT2D eigenvalue weighted by molar-refractivity contribution is 0.133. The highest BCUT2D eigenvalue weighted by Crippen LogP contribution is 2.20. The van der Waals surface area contributed by atoms with E-state index < -0.39 is 0 Å². The van der Waals surface area contributed by atoms with Crippen LogP contribution in [-0.4, -0.2) is 32.8 Å². The van der Waals surface area contributed by atoms with Gasteiger partial charge in [-0.2, -0.15) is 0 Å². The minimum Gasteiger partial charge on any atom is -0.380 e. The van der Waals surface area contributed by atoms with Crippen molar-refractivity contribution in [2.45, 2.75) is 45.6 Å². The number of nitrogens with zero attached hydrogens (tertiary/aromatic N) is 1. The normalized spacial score (nSPS) is 15.4. The minimum atomic E-state index is 0.811. The third-order valence-electron chi connectivity index (χ3n) is 4.05. The first-order valence-electron chi connectivity index (χ1n) is 8.52. The molecular weight excluding hydrogens is 260 g/mol. The van der Waals surface area contributed by atoms with E-state index in [1.54, 1.807) is 0 Å². The van der Waals surface area contributed by atoms with Gasteiger partial charge < -0.3 is 15.0 Å². The number of piperidine rings is 1. The van der Waals surface area contributed by atoms with E-state index in [4.69, 9.17) is 4.74 Å². The summed E-state index contributed by atoms with van der Waals surface area (Å²) in [6.07, 6.45) is 6.43. The Morgan fingerprint density at radius 1 is 1.05 bits per heavy atom. The van der Waals surface area contributed by atoms with Crippen molar-refractivity contribution in [3.8, 4) is 0 Å². The summed E-state index contributed by atoms with van der Waals surface area (Å²) in [6.45, 7) is 8.18. The molecule has 3 heteroatoms. The van der Waals surface area contributed by atoms with Crippen LogP contribution < -0.4 is 10.2 Å². The Morgan fingerprint density at radius 2 is 1.81 bits per heavy atom. The lowest BCUT2D eigenvalue weighted by Gasteiger charge is -2.28. The lowest BCUT2D eigenvalue weighted by Crippen LogP contribution is -2.29. The topological polar surface area (TPSA) is 24.5 Å². The molecule has 2 rings (SSSR count). The summed E-state index contributed by atoms with van der Waals surface area (Å²) in [7, 11) is 0. The van der Waals surface area contributed by atoms with Gasteiger partial charge in [-0.25, -0.2) is 0 Å². The zero-order valence-electron chi connectivity index (χ0n) is 13.4. The number of hydrogen-bond acceptors (Lipinski definition) is 3. The molecule has 0 atom stereocenters. The molecule has 0 saturated carbocycles. The zero-order valence-corrected chi connectivity index (χ0v) is 13.4. The first-order valence-corrected chi connectivity index (χ1v) is 8.52. The lowest BCUT2D eigenvalue weighted by atomic mass is 10.1. The molecule has 1 fully saturated rings. The Labute approximate surface area is 129 Å². The van der Waals surface area contributed by atoms with Crippen LogP contribution in [0, 0.1) is 0 Å². The molecule has 118 valence electrons. The predicted molar refractivity (Wildman–Crippen MR) is 89.9 cm³/mol. The average Bonchev–Trinajstić information content (AvgIpc) is 2.55. The smallest absolute Gasteiger partial charge is 0.0591 e. The first kappa shape index (κ1) is 16.3. The molecule has 1 saturated heterocycles. The van der Waals surface area contributed by atoms with Gasteiger partial charge in [0, 0.05) is 38.5 Å². The van der Waals surface area contributed by atoms with Crippen molar-refractivity contribution in [3.63, 3.8) is 0 Å². The number of benzene rings is 1. The fraction of sp³-hybridized carbons (Fsp3) is 0.667. The van der Waals surface area contributed by atoms with Crippen LogP contribution in [0.1, 0.15) is 44.6 Å². The maximum Gasteiger partial charge on any atom is 0.0591 e. The van der Waals surface area contributed by atoms with Crippen molar-refractivity contribution in [2.24, 2.45) is 0 Å². The number of rotatable bonds is 9. The van der Waals surface area contributed by atoms with Crippen LogP contribution >= 0.6 is 0 Å². The van der Waals surface area contributed by atoms with Crippen LogP contribution in [0.3, 0.4) is 0 Å². The van der Waals surface area contributed by atoms with Crippen molar-refractivity contribution in [1.82, 2.24) is 5.32 Å². The summed E-state index contributed by atoms with van der Waals surface area (Å²) in [5.74, 6) is 0. The molecule has 0 amide bonds. The van der Waals surface area contributed by atoms with Crippen LogP contribution in [0.4, 0.5) is 5.69 Å². The second-order valence-electron chi connectivity index (χ2n) is 5.86. The summed E-state index contributed by atoms with van der Waals surface area (Å²) in [6, 6.07) is 9.02. The predicted octanol–water partition coefficient (Wildman–Crippen LogP) is 3.58. The minimum absolute atomic E-state index is 0.811. The van der Waals surface area contributed by atoms with Crippen molar-refractivity contribution in [3.05, 3.63) is 29.8 Å². The van der Waals surface area contributed by atoms with Crippen LogP contribution in [-0.2, 0) is 11.3 Å². The fourth-order valence-corrected chi connectivity index (χ4v) is 2.70. The molecule has 1 aliphatic rings. The highest BCUT2D eigenvalue weighted by molar-refractivity contribution is 5.47. The number of nitrogens with one attached hydrogen (secondary N) is 1. The van der Waals surface area contributed by atoms with Crippen molar-refractivity contribution >= 4 is 5.69 Å². The van der Waals surface area contributed by atoms with E-state index in [0.29, 0.717) is 0 Å². The van der Waals surface area contributed by atoms with Gasteiger partial charge in [0.25, 0.3) is 0 Å². The molecule has 0 bridgehead atoms. The summed E-state index contributed by atoms with van der Waals surface area (Å²) in [5, 5.41) is 3.44. The Bertz CT molecular complexity index is 371. The molecule has 1 aromatic carbocycles. The Kier molecular flexibility index (Phi) is 7.61.